The molecule has 4 aromatic rings. The molecule has 8 heteroatoms. The maximum Gasteiger partial charge on any atom is 0.301 e. The minimum atomic E-state index is -0.823. The number of rotatable bonds is 5. The standard InChI is InChI=1S/C27H21BrN2O4S/c1-3-34-19-11-7-17(8-12-19)24(31)22-23(16-5-9-18(28)10-6-16)30(26(33)25(22)32)27-29-20-13-4-15(2)14-21(20)35-27/h4-14,23,31H,3H2,1-2H3/t23-/m0/s1. The molecule has 1 aliphatic rings. The number of aromatic nitrogens is 1. The van der Waals surface area contributed by atoms with Gasteiger partial charge in [0.2, 0.25) is 0 Å². The number of aliphatic hydroxyl groups excluding tert-OH is 1. The fourth-order valence-electron chi connectivity index (χ4n) is 4.14. The fourth-order valence-corrected chi connectivity index (χ4v) is 5.50. The fraction of sp³-hybridized carbons (Fsp3) is 0.148. The molecule has 6 nitrogen and oxygen atoms in total. The van der Waals surface area contributed by atoms with Crippen LogP contribution < -0.4 is 9.64 Å². The van der Waals surface area contributed by atoms with Gasteiger partial charge >= 0.3 is 5.91 Å². The first-order valence-corrected chi connectivity index (χ1v) is 12.6. The summed E-state index contributed by atoms with van der Waals surface area (Å²) in [6.07, 6.45) is 0. The minimum Gasteiger partial charge on any atom is -0.507 e. The van der Waals surface area contributed by atoms with Crippen LogP contribution in [0.3, 0.4) is 0 Å². The molecule has 1 aliphatic heterocycles. The first kappa shape index (κ1) is 23.3. The van der Waals surface area contributed by atoms with Gasteiger partial charge in [-0.05, 0) is 73.5 Å². The predicted molar refractivity (Wildman–Crippen MR) is 141 cm³/mol. The Bertz CT molecular complexity index is 1480. The summed E-state index contributed by atoms with van der Waals surface area (Å²) in [7, 11) is 0. The number of carbonyl (C=O) groups excluding carboxylic acids is 2. The van der Waals surface area contributed by atoms with E-state index in [4.69, 9.17) is 4.74 Å². The number of nitrogens with zero attached hydrogens (tertiary/aromatic N) is 2. The number of hydrogen-bond donors (Lipinski definition) is 1. The molecule has 1 fully saturated rings. The van der Waals surface area contributed by atoms with Crippen LogP contribution in [-0.4, -0.2) is 28.4 Å². The van der Waals surface area contributed by atoms with Crippen molar-refractivity contribution in [3.8, 4) is 5.75 Å². The van der Waals surface area contributed by atoms with Gasteiger partial charge in [-0.25, -0.2) is 4.98 Å². The molecule has 1 atom stereocenters. The topological polar surface area (TPSA) is 79.7 Å². The van der Waals surface area contributed by atoms with Gasteiger partial charge < -0.3 is 9.84 Å². The van der Waals surface area contributed by atoms with E-state index in [9.17, 15) is 14.7 Å². The molecular weight excluding hydrogens is 528 g/mol. The third-order valence-electron chi connectivity index (χ3n) is 5.81. The molecule has 3 aromatic carbocycles. The van der Waals surface area contributed by atoms with E-state index in [0.29, 0.717) is 28.6 Å². The second-order valence-electron chi connectivity index (χ2n) is 8.15. The highest BCUT2D eigenvalue weighted by molar-refractivity contribution is 9.10. The summed E-state index contributed by atoms with van der Waals surface area (Å²) in [6, 6.07) is 19.2. The number of benzene rings is 3. The second kappa shape index (κ2) is 9.28. The maximum absolute atomic E-state index is 13.4. The summed E-state index contributed by atoms with van der Waals surface area (Å²) >= 11 is 4.78. The summed E-state index contributed by atoms with van der Waals surface area (Å²) in [5, 5.41) is 11.7. The zero-order chi connectivity index (χ0) is 24.7. The third-order valence-corrected chi connectivity index (χ3v) is 7.35. The van der Waals surface area contributed by atoms with Crippen LogP contribution in [-0.2, 0) is 9.59 Å². The lowest BCUT2D eigenvalue weighted by molar-refractivity contribution is -0.132. The van der Waals surface area contributed by atoms with E-state index >= 15 is 0 Å². The Balaban J connectivity index is 1.68. The molecule has 176 valence electrons. The Morgan fingerprint density at radius 2 is 1.80 bits per heavy atom. The van der Waals surface area contributed by atoms with E-state index in [2.05, 4.69) is 20.9 Å². The molecule has 1 saturated heterocycles. The molecule has 1 N–H and O–H groups in total. The number of amides is 1. The van der Waals surface area contributed by atoms with E-state index in [1.54, 1.807) is 24.3 Å². The van der Waals surface area contributed by atoms with Crippen molar-refractivity contribution in [2.24, 2.45) is 0 Å². The van der Waals surface area contributed by atoms with Gasteiger partial charge in [0.15, 0.2) is 5.13 Å². The van der Waals surface area contributed by atoms with E-state index in [0.717, 1.165) is 20.3 Å². The van der Waals surface area contributed by atoms with Crippen molar-refractivity contribution in [1.82, 2.24) is 4.98 Å². The number of ether oxygens (including phenoxy) is 1. The summed E-state index contributed by atoms with van der Waals surface area (Å²) in [4.78, 5) is 32.7. The maximum atomic E-state index is 13.4. The Morgan fingerprint density at radius 3 is 2.49 bits per heavy atom. The van der Waals surface area contributed by atoms with Crippen LogP contribution in [0.2, 0.25) is 0 Å². The predicted octanol–water partition coefficient (Wildman–Crippen LogP) is 6.39. The number of halogens is 1. The summed E-state index contributed by atoms with van der Waals surface area (Å²) in [5.41, 5.74) is 2.97. The molecule has 0 unspecified atom stereocenters. The normalized spacial score (nSPS) is 17.3. The van der Waals surface area contributed by atoms with Crippen molar-refractivity contribution >= 4 is 60.1 Å². The molecule has 0 bridgehead atoms. The highest BCUT2D eigenvalue weighted by Gasteiger charge is 2.48. The SMILES string of the molecule is CCOc1ccc(C(O)=C2C(=O)C(=O)N(c3nc4ccc(C)cc4s3)[C@H]2c2ccc(Br)cc2)cc1. The van der Waals surface area contributed by atoms with Gasteiger partial charge in [-0.15, -0.1) is 0 Å². The number of aliphatic hydroxyl groups is 1. The molecule has 0 saturated carbocycles. The van der Waals surface area contributed by atoms with E-state index in [1.807, 2.05) is 56.3 Å². The zero-order valence-electron chi connectivity index (χ0n) is 19.0. The smallest absolute Gasteiger partial charge is 0.301 e. The summed E-state index contributed by atoms with van der Waals surface area (Å²) in [5.74, 6) is -1.06. The molecule has 0 radical (unpaired) electrons. The van der Waals surface area contributed by atoms with Crippen molar-refractivity contribution in [2.45, 2.75) is 19.9 Å². The first-order valence-electron chi connectivity index (χ1n) is 11.0. The van der Waals surface area contributed by atoms with Crippen molar-refractivity contribution in [1.29, 1.82) is 0 Å². The van der Waals surface area contributed by atoms with Gasteiger partial charge in [0.05, 0.1) is 28.4 Å². The average molecular weight is 549 g/mol. The van der Waals surface area contributed by atoms with Crippen LogP contribution in [0.25, 0.3) is 16.0 Å². The molecule has 2 heterocycles. The molecule has 0 spiro atoms. The first-order chi connectivity index (χ1) is 16.9. The number of thiazole rings is 1. The van der Waals surface area contributed by atoms with Crippen LogP contribution >= 0.6 is 27.3 Å². The van der Waals surface area contributed by atoms with Crippen LogP contribution in [0, 0.1) is 6.92 Å². The molecular formula is C27H21BrN2O4S. The number of ketones is 1. The Morgan fingerprint density at radius 1 is 1.09 bits per heavy atom. The van der Waals surface area contributed by atoms with Gasteiger partial charge in [0, 0.05) is 10.0 Å². The number of fused-ring (bicyclic) bond motifs is 1. The Hall–Kier alpha value is -3.49. The van der Waals surface area contributed by atoms with E-state index in [-0.39, 0.29) is 11.3 Å². The van der Waals surface area contributed by atoms with Crippen LogP contribution in [0.1, 0.15) is 29.7 Å². The quantitative estimate of drug-likeness (QED) is 0.177. The molecule has 0 aliphatic carbocycles. The van der Waals surface area contributed by atoms with Gasteiger partial charge in [-0.2, -0.15) is 0 Å². The van der Waals surface area contributed by atoms with Crippen LogP contribution in [0.15, 0.2) is 76.8 Å². The lowest BCUT2D eigenvalue weighted by Gasteiger charge is -2.23. The minimum absolute atomic E-state index is 0.0249. The molecule has 35 heavy (non-hydrogen) atoms. The molecule has 1 amide bonds. The Labute approximate surface area is 214 Å². The highest BCUT2D eigenvalue weighted by Crippen LogP contribution is 2.44. The van der Waals surface area contributed by atoms with Gasteiger partial charge in [-0.1, -0.05) is 45.5 Å². The average Bonchev–Trinajstić information content (AvgIpc) is 3.37. The molecule has 1 aromatic heterocycles. The van der Waals surface area contributed by atoms with Crippen molar-refractivity contribution < 1.29 is 19.4 Å². The zero-order valence-corrected chi connectivity index (χ0v) is 21.4. The van der Waals surface area contributed by atoms with E-state index < -0.39 is 17.7 Å². The Kier molecular flexibility index (Phi) is 6.17. The number of hydrogen-bond acceptors (Lipinski definition) is 6. The van der Waals surface area contributed by atoms with Gasteiger partial charge in [0.25, 0.3) is 5.78 Å². The number of aryl methyl sites for hydroxylation is 1. The monoisotopic (exact) mass is 548 g/mol. The number of anilines is 1. The lowest BCUT2D eigenvalue weighted by Crippen LogP contribution is -2.29. The highest BCUT2D eigenvalue weighted by atomic mass is 79.9. The molecule has 5 rings (SSSR count). The third kappa shape index (κ3) is 4.24. The van der Waals surface area contributed by atoms with Crippen LogP contribution in [0.4, 0.5) is 5.13 Å². The number of carbonyl (C=O) groups is 2. The summed E-state index contributed by atoms with van der Waals surface area (Å²) < 4.78 is 7.26. The van der Waals surface area contributed by atoms with Gasteiger partial charge in [-0.3, -0.25) is 14.5 Å². The largest absolute Gasteiger partial charge is 0.507 e. The van der Waals surface area contributed by atoms with E-state index in [1.165, 1.54) is 16.2 Å². The van der Waals surface area contributed by atoms with Gasteiger partial charge in [0.1, 0.15) is 11.5 Å². The summed E-state index contributed by atoms with van der Waals surface area (Å²) in [6.45, 7) is 4.39. The number of Topliss-reactive ketones (excluding diaryl/α,β-unsaturated/α-hetero) is 1. The lowest BCUT2D eigenvalue weighted by atomic mass is 9.95. The van der Waals surface area contributed by atoms with Crippen molar-refractivity contribution in [3.05, 3.63) is 93.5 Å². The van der Waals surface area contributed by atoms with Crippen molar-refractivity contribution in [2.75, 3.05) is 11.5 Å². The van der Waals surface area contributed by atoms with Crippen molar-refractivity contribution in [3.63, 3.8) is 0 Å². The second-order valence-corrected chi connectivity index (χ2v) is 10.1. The van der Waals surface area contributed by atoms with Crippen LogP contribution in [0.5, 0.6) is 5.75 Å².